The van der Waals surface area contributed by atoms with E-state index in [9.17, 15) is 4.79 Å². The van der Waals surface area contributed by atoms with Crippen molar-refractivity contribution in [1.29, 1.82) is 0 Å². The van der Waals surface area contributed by atoms with Gasteiger partial charge in [-0.1, -0.05) is 12.8 Å². The first kappa shape index (κ1) is 9.81. The number of rotatable bonds is 0. The summed E-state index contributed by atoms with van der Waals surface area (Å²) in [6, 6.07) is 0. The van der Waals surface area contributed by atoms with Crippen LogP contribution in [0, 0.1) is 0 Å². The predicted octanol–water partition coefficient (Wildman–Crippen LogP) is 0.440. The van der Waals surface area contributed by atoms with Crippen LogP contribution in [0.25, 0.3) is 0 Å². The van der Waals surface area contributed by atoms with E-state index in [0.717, 1.165) is 25.9 Å². The van der Waals surface area contributed by atoms with Crippen LogP contribution in [0.5, 0.6) is 0 Å². The monoisotopic (exact) mass is 190 g/mol. The van der Waals surface area contributed by atoms with Crippen LogP contribution in [0.1, 0.15) is 25.7 Å². The van der Waals surface area contributed by atoms with E-state index >= 15 is 0 Å². The first-order chi connectivity index (χ1) is 5.33. The van der Waals surface area contributed by atoms with Crippen molar-refractivity contribution in [1.82, 2.24) is 10.6 Å². The molecule has 1 spiro atoms. The highest BCUT2D eigenvalue weighted by atomic mass is 35.5. The highest BCUT2D eigenvalue weighted by Crippen LogP contribution is 2.30. The van der Waals surface area contributed by atoms with Crippen molar-refractivity contribution in [3.63, 3.8) is 0 Å². The molecule has 70 valence electrons. The van der Waals surface area contributed by atoms with Crippen LogP contribution in [0.3, 0.4) is 0 Å². The van der Waals surface area contributed by atoms with E-state index in [0.29, 0.717) is 0 Å². The molecule has 1 saturated carbocycles. The second kappa shape index (κ2) is 3.62. The van der Waals surface area contributed by atoms with Crippen molar-refractivity contribution in [2.45, 2.75) is 31.2 Å². The lowest BCUT2D eigenvalue weighted by atomic mass is 9.95. The zero-order chi connectivity index (χ0) is 7.73. The molecule has 1 heterocycles. The Labute approximate surface area is 78.7 Å². The molecule has 1 aliphatic carbocycles. The summed E-state index contributed by atoms with van der Waals surface area (Å²) in [6.45, 7) is 1.73. The van der Waals surface area contributed by atoms with Gasteiger partial charge in [0.1, 0.15) is 0 Å². The molecule has 0 bridgehead atoms. The second-order valence-electron chi connectivity index (χ2n) is 3.47. The van der Waals surface area contributed by atoms with Crippen LogP contribution < -0.4 is 10.6 Å². The number of hydrogen-bond acceptors (Lipinski definition) is 2. The van der Waals surface area contributed by atoms with Gasteiger partial charge in [-0.3, -0.25) is 4.79 Å². The lowest BCUT2D eigenvalue weighted by Crippen LogP contribution is -2.61. The van der Waals surface area contributed by atoms with E-state index in [1.807, 2.05) is 0 Å². The Bertz CT molecular complexity index is 178. The fourth-order valence-electron chi connectivity index (χ4n) is 2.11. The maximum absolute atomic E-state index is 11.4. The van der Waals surface area contributed by atoms with E-state index in [4.69, 9.17) is 0 Å². The standard InChI is InChI=1S/C8H14N2O.ClH/c11-7-8(3-1-2-4-8)10-6-5-9-7;/h10H,1-6H2,(H,9,11);1H. The van der Waals surface area contributed by atoms with Gasteiger partial charge in [0.2, 0.25) is 5.91 Å². The van der Waals surface area contributed by atoms with Crippen LogP contribution in [0.15, 0.2) is 0 Å². The average Bonchev–Trinajstić information content (AvgIpc) is 2.46. The molecule has 0 aromatic carbocycles. The van der Waals surface area contributed by atoms with Crippen LogP contribution in [-0.2, 0) is 4.79 Å². The Morgan fingerprint density at radius 3 is 2.42 bits per heavy atom. The zero-order valence-electron chi connectivity index (χ0n) is 7.06. The number of carbonyl (C=O) groups excluding carboxylic acids is 1. The molecule has 12 heavy (non-hydrogen) atoms. The van der Waals surface area contributed by atoms with Gasteiger partial charge in [0, 0.05) is 13.1 Å². The van der Waals surface area contributed by atoms with E-state index in [1.54, 1.807) is 0 Å². The molecule has 2 aliphatic rings. The number of carbonyl (C=O) groups is 1. The van der Waals surface area contributed by atoms with Crippen LogP contribution in [0.4, 0.5) is 0 Å². The minimum absolute atomic E-state index is 0. The molecule has 4 heteroatoms. The maximum atomic E-state index is 11.4. The number of halogens is 1. The third kappa shape index (κ3) is 1.43. The van der Waals surface area contributed by atoms with Gasteiger partial charge in [0.15, 0.2) is 0 Å². The van der Waals surface area contributed by atoms with Crippen molar-refractivity contribution < 1.29 is 4.79 Å². The van der Waals surface area contributed by atoms with Gasteiger partial charge in [-0.05, 0) is 12.8 Å². The van der Waals surface area contributed by atoms with E-state index in [2.05, 4.69) is 10.6 Å². The van der Waals surface area contributed by atoms with Crippen LogP contribution in [-0.4, -0.2) is 24.5 Å². The quantitative estimate of drug-likeness (QED) is 0.582. The van der Waals surface area contributed by atoms with Gasteiger partial charge in [0.25, 0.3) is 0 Å². The SMILES string of the molecule is Cl.O=C1NCCNC12CCCC2. The summed E-state index contributed by atoms with van der Waals surface area (Å²) in [5.74, 6) is 0.223. The molecule has 0 atom stereocenters. The summed E-state index contributed by atoms with van der Waals surface area (Å²) in [7, 11) is 0. The highest BCUT2D eigenvalue weighted by Gasteiger charge is 2.41. The minimum Gasteiger partial charge on any atom is -0.353 e. The molecule has 2 fully saturated rings. The van der Waals surface area contributed by atoms with E-state index in [1.165, 1.54) is 12.8 Å². The fraction of sp³-hybridized carbons (Fsp3) is 0.875. The summed E-state index contributed by atoms with van der Waals surface area (Å²) in [5.41, 5.74) is -0.168. The lowest BCUT2D eigenvalue weighted by Gasteiger charge is -2.33. The summed E-state index contributed by atoms with van der Waals surface area (Å²) in [6.07, 6.45) is 4.44. The molecular formula is C8H15ClN2O. The summed E-state index contributed by atoms with van der Waals surface area (Å²) < 4.78 is 0. The summed E-state index contributed by atoms with van der Waals surface area (Å²) in [5, 5.41) is 6.25. The Balaban J connectivity index is 0.000000720. The summed E-state index contributed by atoms with van der Waals surface area (Å²) in [4.78, 5) is 11.4. The molecule has 0 aromatic heterocycles. The summed E-state index contributed by atoms with van der Waals surface area (Å²) >= 11 is 0. The Hall–Kier alpha value is -0.280. The topological polar surface area (TPSA) is 41.1 Å². The van der Waals surface area contributed by atoms with Crippen molar-refractivity contribution in [2.75, 3.05) is 13.1 Å². The van der Waals surface area contributed by atoms with Crippen LogP contribution >= 0.6 is 12.4 Å². The third-order valence-corrected chi connectivity index (χ3v) is 2.77. The second-order valence-corrected chi connectivity index (χ2v) is 3.47. The number of hydrogen-bond donors (Lipinski definition) is 2. The number of piperazine rings is 1. The van der Waals surface area contributed by atoms with Gasteiger partial charge < -0.3 is 10.6 Å². The van der Waals surface area contributed by atoms with Crippen molar-refractivity contribution in [3.05, 3.63) is 0 Å². The van der Waals surface area contributed by atoms with E-state index in [-0.39, 0.29) is 23.9 Å². The zero-order valence-corrected chi connectivity index (χ0v) is 7.88. The predicted molar refractivity (Wildman–Crippen MR) is 49.5 cm³/mol. The smallest absolute Gasteiger partial charge is 0.240 e. The molecule has 1 aliphatic heterocycles. The van der Waals surface area contributed by atoms with Crippen molar-refractivity contribution >= 4 is 18.3 Å². The molecule has 1 amide bonds. The Kier molecular flexibility index (Phi) is 2.96. The normalized spacial score (nSPS) is 26.5. The van der Waals surface area contributed by atoms with Crippen molar-refractivity contribution in [2.24, 2.45) is 0 Å². The largest absolute Gasteiger partial charge is 0.353 e. The van der Waals surface area contributed by atoms with Gasteiger partial charge in [-0.15, -0.1) is 12.4 Å². The molecular weight excluding hydrogens is 176 g/mol. The molecule has 0 aromatic rings. The third-order valence-electron chi connectivity index (χ3n) is 2.77. The van der Waals surface area contributed by atoms with Crippen molar-refractivity contribution in [3.8, 4) is 0 Å². The molecule has 2 N–H and O–H groups in total. The Morgan fingerprint density at radius 2 is 1.83 bits per heavy atom. The van der Waals surface area contributed by atoms with Gasteiger partial charge in [-0.25, -0.2) is 0 Å². The Morgan fingerprint density at radius 1 is 1.17 bits per heavy atom. The fourth-order valence-corrected chi connectivity index (χ4v) is 2.11. The first-order valence-electron chi connectivity index (χ1n) is 4.37. The van der Waals surface area contributed by atoms with Gasteiger partial charge in [-0.2, -0.15) is 0 Å². The van der Waals surface area contributed by atoms with Gasteiger partial charge >= 0.3 is 0 Å². The molecule has 1 saturated heterocycles. The molecule has 0 radical (unpaired) electrons. The van der Waals surface area contributed by atoms with E-state index < -0.39 is 0 Å². The number of nitrogens with one attached hydrogen (secondary N) is 2. The van der Waals surface area contributed by atoms with Crippen LogP contribution in [0.2, 0.25) is 0 Å². The number of amides is 1. The maximum Gasteiger partial charge on any atom is 0.240 e. The molecule has 2 rings (SSSR count). The minimum atomic E-state index is -0.168. The van der Waals surface area contributed by atoms with Gasteiger partial charge in [0.05, 0.1) is 5.54 Å². The molecule has 3 nitrogen and oxygen atoms in total. The molecule has 0 unspecified atom stereocenters. The lowest BCUT2D eigenvalue weighted by molar-refractivity contribution is -0.129. The average molecular weight is 191 g/mol. The first-order valence-corrected chi connectivity index (χ1v) is 4.37. The highest BCUT2D eigenvalue weighted by molar-refractivity contribution is 5.87.